The molecule has 0 bridgehead atoms. The molecule has 0 aliphatic heterocycles. The van der Waals surface area contributed by atoms with Crippen LogP contribution in [0.25, 0.3) is 0 Å². The number of unbranched alkanes of at least 4 members (excludes halogenated alkanes) is 30. The van der Waals surface area contributed by atoms with Crippen molar-refractivity contribution in [2.24, 2.45) is 5.92 Å². The van der Waals surface area contributed by atoms with Crippen molar-refractivity contribution >= 4 is 23.5 Å². The van der Waals surface area contributed by atoms with Crippen LogP contribution in [0.15, 0.2) is 0 Å². The van der Waals surface area contributed by atoms with Crippen LogP contribution >= 0.6 is 23.5 Å². The van der Waals surface area contributed by atoms with Crippen molar-refractivity contribution in [2.75, 3.05) is 17.3 Å². The lowest BCUT2D eigenvalue weighted by Crippen LogP contribution is -2.18. The fourth-order valence-corrected chi connectivity index (χ4v) is 10.2. The van der Waals surface area contributed by atoms with Crippen molar-refractivity contribution < 1.29 is 0 Å². The number of hydrogen-bond donors (Lipinski definition) is 0. The van der Waals surface area contributed by atoms with Crippen LogP contribution in [0.3, 0.4) is 0 Å². The largest absolute Gasteiger partial charge is 0.162 e. The second-order valence-corrected chi connectivity index (χ2v) is 18.2. The third kappa shape index (κ3) is 33.2. The zero-order chi connectivity index (χ0) is 32.9. The summed E-state index contributed by atoms with van der Waals surface area (Å²) in [5.41, 5.74) is 0. The van der Waals surface area contributed by atoms with E-state index in [2.05, 4.69) is 37.4 Å². The van der Waals surface area contributed by atoms with Gasteiger partial charge in [0.15, 0.2) is 0 Å². The van der Waals surface area contributed by atoms with E-state index in [-0.39, 0.29) is 0 Å². The Morgan fingerprint density at radius 1 is 0.370 bits per heavy atom. The van der Waals surface area contributed by atoms with Crippen molar-refractivity contribution in [3.8, 4) is 0 Å². The first kappa shape index (κ1) is 44.7. The van der Waals surface area contributed by atoms with Crippen LogP contribution in [0.5, 0.6) is 0 Å². The standard InChI is InChI=1S/C44H88S2/c1-3-5-7-9-11-13-15-17-19-21-23-25-27-29-31-33-39-45-41-38-43-36-35-37-44(42-43)46-40-34-32-30-28-26-24-22-20-18-16-14-12-10-8-6-4-2/h43-44H,3-42H2,1-2H3. The second-order valence-electron chi connectivity index (χ2n) is 15.5. The summed E-state index contributed by atoms with van der Waals surface area (Å²) in [6.45, 7) is 4.63. The maximum atomic E-state index is 2.35. The summed E-state index contributed by atoms with van der Waals surface area (Å²) in [6, 6.07) is 0. The summed E-state index contributed by atoms with van der Waals surface area (Å²) in [5, 5.41) is 0.986. The molecule has 1 aliphatic carbocycles. The van der Waals surface area contributed by atoms with E-state index in [0.717, 1.165) is 11.2 Å². The molecule has 1 aliphatic rings. The highest BCUT2D eigenvalue weighted by molar-refractivity contribution is 7.99. The monoisotopic (exact) mass is 681 g/mol. The summed E-state index contributed by atoms with van der Waals surface area (Å²) in [6.07, 6.45) is 54.8. The van der Waals surface area contributed by atoms with E-state index in [4.69, 9.17) is 0 Å². The molecular weight excluding hydrogens is 593 g/mol. The summed E-state index contributed by atoms with van der Waals surface area (Å²) < 4.78 is 0. The van der Waals surface area contributed by atoms with Gasteiger partial charge in [0.2, 0.25) is 0 Å². The molecule has 0 nitrogen and oxygen atoms in total. The van der Waals surface area contributed by atoms with Crippen LogP contribution in [-0.4, -0.2) is 22.5 Å². The van der Waals surface area contributed by atoms with Crippen LogP contribution < -0.4 is 0 Å². The SMILES string of the molecule is CCCCCCCCCCCCCCCCCCSCCC1CCCC(SCCCCCCCCCCCCCCCCCC)C1. The van der Waals surface area contributed by atoms with Gasteiger partial charge in [0, 0.05) is 5.25 Å². The smallest absolute Gasteiger partial charge is 0.00496 e. The second kappa shape index (κ2) is 38.5. The number of rotatable bonds is 38. The molecule has 0 heterocycles. The van der Waals surface area contributed by atoms with Crippen LogP contribution in [0, 0.1) is 5.92 Å². The molecule has 0 saturated heterocycles. The fourth-order valence-electron chi connectivity index (χ4n) is 7.66. The van der Waals surface area contributed by atoms with E-state index in [0.29, 0.717) is 0 Å². The molecule has 0 aromatic carbocycles. The van der Waals surface area contributed by atoms with Crippen molar-refractivity contribution in [3.05, 3.63) is 0 Å². The molecule has 1 saturated carbocycles. The predicted molar refractivity (Wildman–Crippen MR) is 219 cm³/mol. The van der Waals surface area contributed by atoms with Gasteiger partial charge in [-0.2, -0.15) is 23.5 Å². The minimum atomic E-state index is 0.986. The maximum absolute atomic E-state index is 2.35. The average Bonchev–Trinajstić information content (AvgIpc) is 3.07. The lowest BCUT2D eigenvalue weighted by Gasteiger charge is -2.28. The van der Waals surface area contributed by atoms with Gasteiger partial charge < -0.3 is 0 Å². The zero-order valence-corrected chi connectivity index (χ0v) is 33.9. The highest BCUT2D eigenvalue weighted by Gasteiger charge is 2.21. The zero-order valence-electron chi connectivity index (χ0n) is 32.3. The van der Waals surface area contributed by atoms with E-state index in [1.165, 1.54) is 255 Å². The van der Waals surface area contributed by atoms with Gasteiger partial charge in [-0.3, -0.25) is 0 Å². The molecule has 1 rings (SSSR count). The summed E-state index contributed by atoms with van der Waals surface area (Å²) in [4.78, 5) is 0. The molecule has 2 atom stereocenters. The Morgan fingerprint density at radius 3 is 1.11 bits per heavy atom. The summed E-state index contributed by atoms with van der Waals surface area (Å²) in [7, 11) is 0. The third-order valence-electron chi connectivity index (χ3n) is 10.9. The van der Waals surface area contributed by atoms with Gasteiger partial charge >= 0.3 is 0 Å². The Bertz CT molecular complexity index is 548. The molecule has 2 unspecified atom stereocenters. The lowest BCUT2D eigenvalue weighted by molar-refractivity contribution is 0.359. The Labute approximate surface area is 302 Å². The van der Waals surface area contributed by atoms with Crippen LogP contribution in [-0.2, 0) is 0 Å². The number of thioether (sulfide) groups is 2. The van der Waals surface area contributed by atoms with Crippen molar-refractivity contribution in [1.29, 1.82) is 0 Å². The quantitative estimate of drug-likeness (QED) is 0.0595. The highest BCUT2D eigenvalue weighted by atomic mass is 32.2. The first-order chi connectivity index (χ1) is 22.9. The molecule has 2 heteroatoms. The molecule has 0 amide bonds. The topological polar surface area (TPSA) is 0 Å². The molecule has 276 valence electrons. The minimum absolute atomic E-state index is 0.986. The van der Waals surface area contributed by atoms with Gasteiger partial charge in [-0.25, -0.2) is 0 Å². The van der Waals surface area contributed by atoms with E-state index in [1.54, 1.807) is 0 Å². The molecule has 0 aromatic rings. The molecule has 0 radical (unpaired) electrons. The van der Waals surface area contributed by atoms with Gasteiger partial charge in [-0.1, -0.05) is 219 Å². The van der Waals surface area contributed by atoms with Crippen molar-refractivity contribution in [1.82, 2.24) is 0 Å². The Kier molecular flexibility index (Phi) is 37.4. The van der Waals surface area contributed by atoms with E-state index < -0.39 is 0 Å². The fraction of sp³-hybridized carbons (Fsp3) is 1.00. The van der Waals surface area contributed by atoms with Gasteiger partial charge in [-0.05, 0) is 55.3 Å². The van der Waals surface area contributed by atoms with E-state index in [9.17, 15) is 0 Å². The van der Waals surface area contributed by atoms with Gasteiger partial charge in [0.25, 0.3) is 0 Å². The van der Waals surface area contributed by atoms with Gasteiger partial charge in [0.1, 0.15) is 0 Å². The molecule has 46 heavy (non-hydrogen) atoms. The maximum Gasteiger partial charge on any atom is 0.00496 e. The van der Waals surface area contributed by atoms with Crippen LogP contribution in [0.1, 0.15) is 251 Å². The normalized spacial score (nSPS) is 16.8. The first-order valence-corrected chi connectivity index (χ1v) is 24.3. The number of hydrogen-bond acceptors (Lipinski definition) is 2. The molecule has 1 fully saturated rings. The summed E-state index contributed by atoms with van der Waals surface area (Å²) in [5.74, 6) is 5.32. The van der Waals surface area contributed by atoms with E-state index >= 15 is 0 Å². The molecular formula is C44H88S2. The minimum Gasteiger partial charge on any atom is -0.162 e. The Morgan fingerprint density at radius 2 is 0.717 bits per heavy atom. The van der Waals surface area contributed by atoms with Crippen LogP contribution in [0.4, 0.5) is 0 Å². The van der Waals surface area contributed by atoms with Gasteiger partial charge in [-0.15, -0.1) is 0 Å². The highest BCUT2D eigenvalue weighted by Crippen LogP contribution is 2.35. The lowest BCUT2D eigenvalue weighted by atomic mass is 9.87. The van der Waals surface area contributed by atoms with Gasteiger partial charge in [0.05, 0.1) is 0 Å². The average molecular weight is 681 g/mol. The third-order valence-corrected chi connectivity index (χ3v) is 13.4. The first-order valence-electron chi connectivity index (χ1n) is 22.1. The Balaban J connectivity index is 1.76. The molecule has 0 aromatic heterocycles. The van der Waals surface area contributed by atoms with Crippen molar-refractivity contribution in [2.45, 2.75) is 257 Å². The summed E-state index contributed by atoms with van der Waals surface area (Å²) >= 11 is 4.62. The van der Waals surface area contributed by atoms with Crippen LogP contribution in [0.2, 0.25) is 0 Å². The van der Waals surface area contributed by atoms with E-state index in [1.807, 2.05) is 0 Å². The Hall–Kier alpha value is 0.700. The van der Waals surface area contributed by atoms with Crippen molar-refractivity contribution in [3.63, 3.8) is 0 Å². The molecule has 0 spiro atoms. The molecule has 0 N–H and O–H groups in total. The predicted octanol–water partition coefficient (Wildman–Crippen LogP) is 16.9.